The Kier molecular flexibility index (Phi) is 11.2. The fraction of sp³-hybridized carbons (Fsp3) is 0.146. The highest BCUT2D eigenvalue weighted by Gasteiger charge is 2.53. The molecular formula is C48H40BrNO3S. The summed E-state index contributed by atoms with van der Waals surface area (Å²) in [6.07, 6.45) is 2.80. The lowest BCUT2D eigenvalue weighted by atomic mass is 9.61. The van der Waals surface area contributed by atoms with Gasteiger partial charge in [-0.25, -0.2) is 13.1 Å². The molecule has 4 nitrogen and oxygen atoms in total. The van der Waals surface area contributed by atoms with Gasteiger partial charge in [-0.3, -0.25) is 4.79 Å². The van der Waals surface area contributed by atoms with Crippen LogP contribution < -0.4 is 4.72 Å². The van der Waals surface area contributed by atoms with Gasteiger partial charge in [0.2, 0.25) is 10.0 Å². The Bertz CT molecular complexity index is 2320. The first-order valence-corrected chi connectivity index (χ1v) is 20.4. The number of nitrogens with one attached hydrogen (secondary N) is 1. The lowest BCUT2D eigenvalue weighted by Crippen LogP contribution is -2.45. The van der Waals surface area contributed by atoms with Gasteiger partial charge in [0.05, 0.1) is 16.4 Å². The van der Waals surface area contributed by atoms with E-state index in [4.69, 9.17) is 0 Å². The molecule has 268 valence electrons. The Morgan fingerprint density at radius 1 is 0.722 bits per heavy atom. The van der Waals surface area contributed by atoms with E-state index in [1.165, 1.54) is 0 Å². The first kappa shape index (κ1) is 37.0. The second kappa shape index (κ2) is 16.4. The maximum absolute atomic E-state index is 14.5. The Balaban J connectivity index is 1.45. The number of rotatable bonds is 10. The standard InChI is InChI=1S/C48H40BrNO3S/c1-35-24-30-42(31-25-35)54(52,53)50-47(38-26-28-41(49)29-27-38)46-44(32-33-45(46)51)48(39-19-10-4-11-20-39,40-21-12-5-13-22-40)34-14-23-43(36-15-6-2-7-16-36)37-17-8-3-9-18-37/h2-13,15-31,44,46-47,50H,32-33H2,1H3/t44-,46+,47+/m1/s1. The number of hydrogen-bond acceptors (Lipinski definition) is 3. The lowest BCUT2D eigenvalue weighted by Gasteiger charge is -2.41. The summed E-state index contributed by atoms with van der Waals surface area (Å²) in [6, 6.07) is 54.1. The molecule has 0 unspecified atom stereocenters. The number of Topliss-reactive ketones (excluding diaryl/α,β-unsaturated/α-hetero) is 1. The van der Waals surface area contributed by atoms with E-state index in [1.807, 2.05) is 110 Å². The van der Waals surface area contributed by atoms with Gasteiger partial charge in [0.25, 0.3) is 0 Å². The molecule has 7 rings (SSSR count). The van der Waals surface area contributed by atoms with Crippen molar-refractivity contribution in [3.05, 3.63) is 214 Å². The molecule has 1 aliphatic carbocycles. The lowest BCUT2D eigenvalue weighted by molar-refractivity contribution is -0.122. The minimum Gasteiger partial charge on any atom is -0.299 e. The molecule has 6 aromatic rings. The van der Waals surface area contributed by atoms with Crippen LogP contribution in [0.1, 0.15) is 52.3 Å². The van der Waals surface area contributed by atoms with Crippen LogP contribution in [0.15, 0.2) is 185 Å². The molecule has 0 aliphatic heterocycles. The summed E-state index contributed by atoms with van der Waals surface area (Å²) < 4.78 is 32.3. The number of hydrogen-bond donors (Lipinski definition) is 1. The molecule has 6 heteroatoms. The summed E-state index contributed by atoms with van der Waals surface area (Å²) in [4.78, 5) is 14.6. The zero-order valence-corrected chi connectivity index (χ0v) is 32.3. The zero-order chi connectivity index (χ0) is 37.5. The van der Waals surface area contributed by atoms with Crippen LogP contribution in [0.3, 0.4) is 0 Å². The van der Waals surface area contributed by atoms with E-state index >= 15 is 0 Å². The molecule has 1 aliphatic rings. The van der Waals surface area contributed by atoms with Crippen LogP contribution in [-0.4, -0.2) is 14.2 Å². The number of ketones is 1. The van der Waals surface area contributed by atoms with Crippen LogP contribution in [0, 0.1) is 30.6 Å². The van der Waals surface area contributed by atoms with Crippen molar-refractivity contribution >= 4 is 37.3 Å². The fourth-order valence-corrected chi connectivity index (χ4v) is 9.28. The molecule has 0 heterocycles. The van der Waals surface area contributed by atoms with Gasteiger partial charge in [-0.15, -0.1) is 0 Å². The van der Waals surface area contributed by atoms with E-state index in [9.17, 15) is 13.2 Å². The number of aryl methyl sites for hydroxylation is 1. The average Bonchev–Trinajstić information content (AvgIpc) is 3.60. The quantitative estimate of drug-likeness (QED) is 0.141. The van der Waals surface area contributed by atoms with E-state index in [-0.39, 0.29) is 10.7 Å². The normalized spacial score (nSPS) is 16.2. The van der Waals surface area contributed by atoms with Crippen LogP contribution in [0.25, 0.3) is 5.57 Å². The molecule has 0 radical (unpaired) electrons. The highest BCUT2D eigenvalue weighted by atomic mass is 79.9. The minimum atomic E-state index is -4.04. The first-order valence-electron chi connectivity index (χ1n) is 18.1. The molecule has 1 fully saturated rings. The van der Waals surface area contributed by atoms with Crippen LogP contribution in [0.4, 0.5) is 0 Å². The monoisotopic (exact) mass is 789 g/mol. The summed E-state index contributed by atoms with van der Waals surface area (Å²) in [5, 5.41) is 0. The van der Waals surface area contributed by atoms with Gasteiger partial charge in [0.15, 0.2) is 0 Å². The van der Waals surface area contributed by atoms with Gasteiger partial charge < -0.3 is 0 Å². The summed E-state index contributed by atoms with van der Waals surface area (Å²) >= 11 is 3.54. The van der Waals surface area contributed by atoms with Gasteiger partial charge >= 0.3 is 0 Å². The summed E-state index contributed by atoms with van der Waals surface area (Å²) in [6.45, 7) is 1.92. The summed E-state index contributed by atoms with van der Waals surface area (Å²) in [5.74, 6) is 6.17. The van der Waals surface area contributed by atoms with Gasteiger partial charge in [-0.1, -0.05) is 179 Å². The SMILES string of the molecule is Cc1ccc(S(=O)(=O)N[C@@H](c2ccc(Br)cc2)[C@@H]2C(=O)CC[C@H]2C(C#CC=C(c2ccccc2)c2ccccc2)(c2ccccc2)c2ccccc2)cc1. The maximum atomic E-state index is 14.5. The van der Waals surface area contributed by atoms with Crippen molar-refractivity contribution in [3.8, 4) is 11.8 Å². The molecule has 6 aromatic carbocycles. The number of carbonyl (C=O) groups is 1. The molecular weight excluding hydrogens is 751 g/mol. The molecule has 1 saturated carbocycles. The minimum absolute atomic E-state index is 0.00219. The van der Waals surface area contributed by atoms with Crippen LogP contribution >= 0.6 is 15.9 Å². The van der Waals surface area contributed by atoms with Gasteiger partial charge in [-0.05, 0) is 83.0 Å². The Labute approximate surface area is 327 Å². The van der Waals surface area contributed by atoms with Crippen LogP contribution in [0.5, 0.6) is 0 Å². The summed E-state index contributed by atoms with van der Waals surface area (Å²) in [7, 11) is -4.04. The summed E-state index contributed by atoms with van der Waals surface area (Å²) in [5.41, 5.74) is 5.62. The van der Waals surface area contributed by atoms with Crippen molar-refractivity contribution in [2.45, 2.75) is 36.1 Å². The largest absolute Gasteiger partial charge is 0.299 e. The van der Waals surface area contributed by atoms with Crippen molar-refractivity contribution in [1.82, 2.24) is 4.72 Å². The molecule has 0 bridgehead atoms. The van der Waals surface area contributed by atoms with Crippen molar-refractivity contribution < 1.29 is 13.2 Å². The molecule has 0 spiro atoms. The third-order valence-corrected chi connectivity index (χ3v) is 12.4. The van der Waals surface area contributed by atoms with E-state index < -0.39 is 33.3 Å². The van der Waals surface area contributed by atoms with Crippen molar-refractivity contribution in [2.75, 3.05) is 0 Å². The highest BCUT2D eigenvalue weighted by molar-refractivity contribution is 9.10. The second-order valence-corrected chi connectivity index (χ2v) is 16.3. The van der Waals surface area contributed by atoms with Crippen molar-refractivity contribution in [1.29, 1.82) is 0 Å². The van der Waals surface area contributed by atoms with E-state index in [0.29, 0.717) is 18.4 Å². The molecule has 1 N–H and O–H groups in total. The maximum Gasteiger partial charge on any atom is 0.241 e. The molecule has 0 amide bonds. The smallest absolute Gasteiger partial charge is 0.241 e. The van der Waals surface area contributed by atoms with E-state index in [2.05, 4.69) is 81.0 Å². The van der Waals surface area contributed by atoms with E-state index in [0.717, 1.165) is 37.9 Å². The van der Waals surface area contributed by atoms with E-state index in [1.54, 1.807) is 24.3 Å². The number of benzene rings is 6. The first-order chi connectivity index (χ1) is 26.3. The molecule has 0 aromatic heterocycles. The molecule has 0 saturated heterocycles. The highest BCUT2D eigenvalue weighted by Crippen LogP contribution is 2.52. The average molecular weight is 791 g/mol. The topological polar surface area (TPSA) is 63.2 Å². The second-order valence-electron chi connectivity index (χ2n) is 13.7. The van der Waals surface area contributed by atoms with Gasteiger partial charge in [0, 0.05) is 16.8 Å². The van der Waals surface area contributed by atoms with Crippen molar-refractivity contribution in [2.24, 2.45) is 11.8 Å². The third-order valence-electron chi connectivity index (χ3n) is 10.4. The fourth-order valence-electron chi connectivity index (χ4n) is 7.77. The van der Waals surface area contributed by atoms with Crippen LogP contribution in [0.2, 0.25) is 0 Å². The van der Waals surface area contributed by atoms with Gasteiger partial charge in [-0.2, -0.15) is 0 Å². The molecule has 3 atom stereocenters. The Morgan fingerprint density at radius 3 is 1.74 bits per heavy atom. The zero-order valence-electron chi connectivity index (χ0n) is 29.9. The Hall–Kier alpha value is -5.32. The number of halogens is 1. The predicted octanol–water partition coefficient (Wildman–Crippen LogP) is 10.5. The molecule has 54 heavy (non-hydrogen) atoms. The number of allylic oxidation sites excluding steroid dienone is 1. The third kappa shape index (κ3) is 7.81. The van der Waals surface area contributed by atoms with Crippen LogP contribution in [-0.2, 0) is 20.2 Å². The Morgan fingerprint density at radius 2 is 1.22 bits per heavy atom. The number of carbonyl (C=O) groups excluding carboxylic acids is 1. The van der Waals surface area contributed by atoms with Gasteiger partial charge in [0.1, 0.15) is 5.78 Å². The predicted molar refractivity (Wildman–Crippen MR) is 221 cm³/mol. The number of sulfonamides is 1. The van der Waals surface area contributed by atoms with Crippen molar-refractivity contribution in [3.63, 3.8) is 0 Å².